The summed E-state index contributed by atoms with van der Waals surface area (Å²) in [5.74, 6) is -0.267. The van der Waals surface area contributed by atoms with Gasteiger partial charge in [0, 0.05) is 5.41 Å². The molecule has 0 aromatic rings. The summed E-state index contributed by atoms with van der Waals surface area (Å²) in [5.41, 5.74) is -3.18. The molecule has 0 radical (unpaired) electrons. The van der Waals surface area contributed by atoms with Gasteiger partial charge in [0.15, 0.2) is 0 Å². The third-order valence-electron chi connectivity index (χ3n) is 5.37. The van der Waals surface area contributed by atoms with Crippen LogP contribution in [0.3, 0.4) is 0 Å². The van der Waals surface area contributed by atoms with Crippen LogP contribution in [0.5, 0.6) is 0 Å². The van der Waals surface area contributed by atoms with Crippen LogP contribution < -0.4 is 0 Å². The molecule has 0 aromatic heterocycles. The highest BCUT2D eigenvalue weighted by Crippen LogP contribution is 2.42. The van der Waals surface area contributed by atoms with Gasteiger partial charge in [-0.2, -0.15) is 0 Å². The van der Waals surface area contributed by atoms with Gasteiger partial charge in [0.1, 0.15) is 6.10 Å². The summed E-state index contributed by atoms with van der Waals surface area (Å²) in [7, 11) is 0. The van der Waals surface area contributed by atoms with Crippen molar-refractivity contribution < 1.29 is 19.7 Å². The fourth-order valence-electron chi connectivity index (χ4n) is 3.13. The van der Waals surface area contributed by atoms with Crippen molar-refractivity contribution in [2.45, 2.75) is 106 Å². The van der Waals surface area contributed by atoms with Crippen LogP contribution in [0.4, 0.5) is 0 Å². The Kier molecular flexibility index (Phi) is 6.77. The second-order valence-corrected chi connectivity index (χ2v) is 10.5. The Morgan fingerprint density at radius 1 is 0.875 bits per heavy atom. The van der Waals surface area contributed by atoms with E-state index in [4.69, 9.17) is 4.74 Å². The molecule has 0 fully saturated rings. The van der Waals surface area contributed by atoms with Crippen molar-refractivity contribution in [1.82, 2.24) is 0 Å². The summed E-state index contributed by atoms with van der Waals surface area (Å²) in [6, 6.07) is 0. The van der Waals surface area contributed by atoms with Crippen molar-refractivity contribution in [2.75, 3.05) is 0 Å². The van der Waals surface area contributed by atoms with Crippen molar-refractivity contribution >= 4 is 5.97 Å². The number of carbonyl (C=O) groups is 1. The topological polar surface area (TPSA) is 66.8 Å². The molecule has 24 heavy (non-hydrogen) atoms. The van der Waals surface area contributed by atoms with Crippen molar-refractivity contribution in [3.63, 3.8) is 0 Å². The van der Waals surface area contributed by atoms with Gasteiger partial charge < -0.3 is 14.9 Å². The standard InChI is InChI=1S/C20H40O4/c1-14(16(2,3)13-19(8,9)22)24-15(21)17(4,5)12-18(6,7)20(10,11)23/h14,22-23H,12-13H2,1-11H3. The first-order chi connectivity index (χ1) is 10.2. The van der Waals surface area contributed by atoms with Crippen LogP contribution >= 0.6 is 0 Å². The Labute approximate surface area is 149 Å². The lowest BCUT2D eigenvalue weighted by molar-refractivity contribution is -0.170. The Morgan fingerprint density at radius 2 is 1.29 bits per heavy atom. The van der Waals surface area contributed by atoms with E-state index >= 15 is 0 Å². The number of rotatable bonds is 8. The van der Waals surface area contributed by atoms with Crippen LogP contribution in [0.2, 0.25) is 0 Å². The summed E-state index contributed by atoms with van der Waals surface area (Å²) in [5, 5.41) is 20.4. The van der Waals surface area contributed by atoms with E-state index in [0.29, 0.717) is 12.8 Å². The molecule has 0 spiro atoms. The van der Waals surface area contributed by atoms with Crippen LogP contribution in [0.15, 0.2) is 0 Å². The molecule has 1 atom stereocenters. The highest BCUT2D eigenvalue weighted by molar-refractivity contribution is 5.76. The highest BCUT2D eigenvalue weighted by atomic mass is 16.5. The predicted octanol–water partition coefficient (Wildman–Crippen LogP) is 4.32. The molecule has 0 saturated carbocycles. The first-order valence-corrected chi connectivity index (χ1v) is 8.87. The lowest BCUT2D eigenvalue weighted by Crippen LogP contribution is -2.45. The Hall–Kier alpha value is -0.610. The van der Waals surface area contributed by atoms with Gasteiger partial charge in [0.25, 0.3) is 0 Å². The summed E-state index contributed by atoms with van der Waals surface area (Å²) in [4.78, 5) is 12.7. The molecule has 4 heteroatoms. The molecule has 4 nitrogen and oxygen atoms in total. The number of aliphatic hydroxyl groups is 2. The lowest BCUT2D eigenvalue weighted by atomic mass is 9.67. The van der Waals surface area contributed by atoms with Crippen LogP contribution in [0.1, 0.15) is 89.0 Å². The molecule has 0 rings (SSSR count). The maximum Gasteiger partial charge on any atom is 0.311 e. The van der Waals surface area contributed by atoms with E-state index in [1.165, 1.54) is 0 Å². The van der Waals surface area contributed by atoms with E-state index in [9.17, 15) is 15.0 Å². The first kappa shape index (κ1) is 23.4. The molecule has 0 aliphatic heterocycles. The highest BCUT2D eigenvalue weighted by Gasteiger charge is 2.44. The zero-order valence-electron chi connectivity index (χ0n) is 17.7. The average Bonchev–Trinajstić information content (AvgIpc) is 2.21. The largest absolute Gasteiger partial charge is 0.462 e. The zero-order valence-corrected chi connectivity index (χ0v) is 17.7. The number of hydrogen-bond donors (Lipinski definition) is 2. The van der Waals surface area contributed by atoms with E-state index in [-0.39, 0.29) is 17.5 Å². The second kappa shape index (κ2) is 6.95. The van der Waals surface area contributed by atoms with E-state index in [2.05, 4.69) is 0 Å². The monoisotopic (exact) mass is 344 g/mol. The van der Waals surface area contributed by atoms with Crippen molar-refractivity contribution in [3.05, 3.63) is 0 Å². The van der Waals surface area contributed by atoms with Gasteiger partial charge in [0.2, 0.25) is 0 Å². The fraction of sp³-hybridized carbons (Fsp3) is 0.950. The van der Waals surface area contributed by atoms with Gasteiger partial charge in [-0.3, -0.25) is 4.79 Å². The molecule has 0 saturated heterocycles. The molecule has 0 aliphatic rings. The zero-order chi connectivity index (χ0) is 19.8. The van der Waals surface area contributed by atoms with E-state index in [0.717, 1.165) is 0 Å². The molecular weight excluding hydrogens is 304 g/mol. The maximum atomic E-state index is 12.7. The van der Waals surface area contributed by atoms with Gasteiger partial charge in [-0.05, 0) is 66.7 Å². The van der Waals surface area contributed by atoms with E-state index in [1.807, 2.05) is 48.5 Å². The predicted molar refractivity (Wildman–Crippen MR) is 98.7 cm³/mol. The number of esters is 1. The van der Waals surface area contributed by atoms with Crippen molar-refractivity contribution in [1.29, 1.82) is 0 Å². The SMILES string of the molecule is CC(OC(=O)C(C)(C)CC(C)(C)C(C)(C)O)C(C)(C)CC(C)(C)O. The van der Waals surface area contributed by atoms with Crippen LogP contribution in [0.25, 0.3) is 0 Å². The smallest absolute Gasteiger partial charge is 0.311 e. The third-order valence-corrected chi connectivity index (χ3v) is 5.37. The number of hydrogen-bond acceptors (Lipinski definition) is 4. The van der Waals surface area contributed by atoms with Crippen LogP contribution in [0, 0.1) is 16.2 Å². The Balaban J connectivity index is 5.09. The molecule has 1 unspecified atom stereocenters. The molecule has 0 heterocycles. The fourth-order valence-corrected chi connectivity index (χ4v) is 3.13. The van der Waals surface area contributed by atoms with Gasteiger partial charge in [-0.1, -0.05) is 27.7 Å². The lowest BCUT2D eigenvalue weighted by Gasteiger charge is -2.43. The third kappa shape index (κ3) is 6.72. The van der Waals surface area contributed by atoms with Crippen molar-refractivity contribution in [3.8, 4) is 0 Å². The minimum atomic E-state index is -0.893. The first-order valence-electron chi connectivity index (χ1n) is 8.87. The van der Waals surface area contributed by atoms with Gasteiger partial charge in [0.05, 0.1) is 16.6 Å². The Morgan fingerprint density at radius 3 is 1.62 bits per heavy atom. The summed E-state index contributed by atoms with van der Waals surface area (Å²) < 4.78 is 5.75. The van der Waals surface area contributed by atoms with E-state index < -0.39 is 22.0 Å². The second-order valence-electron chi connectivity index (χ2n) is 10.5. The molecular formula is C20H40O4. The van der Waals surface area contributed by atoms with E-state index in [1.54, 1.807) is 27.7 Å². The molecule has 0 bridgehead atoms. The van der Waals surface area contributed by atoms with Crippen LogP contribution in [-0.2, 0) is 9.53 Å². The van der Waals surface area contributed by atoms with Gasteiger partial charge in [-0.15, -0.1) is 0 Å². The Bertz CT molecular complexity index is 434. The normalized spacial score (nSPS) is 16.0. The minimum Gasteiger partial charge on any atom is -0.462 e. The number of ether oxygens (including phenoxy) is 1. The summed E-state index contributed by atoms with van der Waals surface area (Å²) in [6.07, 6.45) is 0.728. The molecule has 0 amide bonds. The average molecular weight is 345 g/mol. The number of carbonyl (C=O) groups excluding carboxylic acids is 1. The van der Waals surface area contributed by atoms with Gasteiger partial charge >= 0.3 is 5.97 Å². The van der Waals surface area contributed by atoms with Crippen LogP contribution in [-0.4, -0.2) is 33.5 Å². The maximum absolute atomic E-state index is 12.7. The molecule has 144 valence electrons. The molecule has 2 N–H and O–H groups in total. The minimum absolute atomic E-state index is 0.267. The molecule has 0 aromatic carbocycles. The van der Waals surface area contributed by atoms with Gasteiger partial charge in [-0.25, -0.2) is 0 Å². The quantitative estimate of drug-likeness (QED) is 0.644. The van der Waals surface area contributed by atoms with Crippen molar-refractivity contribution in [2.24, 2.45) is 16.2 Å². The summed E-state index contributed by atoms with van der Waals surface area (Å²) >= 11 is 0. The summed E-state index contributed by atoms with van der Waals surface area (Å²) in [6.45, 7) is 20.6. The molecule has 0 aliphatic carbocycles.